The zero-order valence-electron chi connectivity index (χ0n) is 17.9. The van der Waals surface area contributed by atoms with Crippen LogP contribution in [0.25, 0.3) is 16.9 Å². The van der Waals surface area contributed by atoms with E-state index in [4.69, 9.17) is 0 Å². The van der Waals surface area contributed by atoms with Crippen molar-refractivity contribution in [1.29, 1.82) is 0 Å². The van der Waals surface area contributed by atoms with Gasteiger partial charge in [0.2, 0.25) is 0 Å². The third-order valence-corrected chi connectivity index (χ3v) is 4.65. The summed E-state index contributed by atoms with van der Waals surface area (Å²) in [4.78, 5) is 25.3. The molecule has 0 aliphatic carbocycles. The van der Waals surface area contributed by atoms with Crippen LogP contribution in [0.15, 0.2) is 37.1 Å². The molecule has 1 unspecified atom stereocenters. The smallest absolute Gasteiger partial charge is 0.255 e. The summed E-state index contributed by atoms with van der Waals surface area (Å²) in [6.07, 6.45) is 4.65. The van der Waals surface area contributed by atoms with E-state index in [0.29, 0.717) is 17.2 Å². The van der Waals surface area contributed by atoms with Gasteiger partial charge < -0.3 is 20.8 Å². The SMILES string of the molecule is CC(C)(O)CNc1cc(-n2ccc3cncnc32)ncc1C(=O)NCC(F)C(C)(C)O. The first-order chi connectivity index (χ1) is 14.5. The number of hydrogen-bond donors (Lipinski definition) is 4. The summed E-state index contributed by atoms with van der Waals surface area (Å²) in [5, 5.41) is 26.2. The first kappa shape index (κ1) is 22.6. The molecule has 3 aromatic heterocycles. The fraction of sp³-hybridized carbons (Fsp3) is 0.429. The Bertz CT molecular complexity index is 1070. The number of nitrogens with zero attached hydrogens (tertiary/aromatic N) is 4. The molecule has 1 amide bonds. The van der Waals surface area contributed by atoms with Gasteiger partial charge in [0.05, 0.1) is 29.0 Å². The number of alkyl halides is 1. The number of carbonyl (C=O) groups excluding carboxylic acids is 1. The van der Waals surface area contributed by atoms with E-state index in [1.54, 1.807) is 36.9 Å². The average molecular weight is 430 g/mol. The zero-order chi connectivity index (χ0) is 22.8. The molecule has 166 valence electrons. The summed E-state index contributed by atoms with van der Waals surface area (Å²) >= 11 is 0. The van der Waals surface area contributed by atoms with Gasteiger partial charge in [0.1, 0.15) is 24.0 Å². The summed E-state index contributed by atoms with van der Waals surface area (Å²) in [6, 6.07) is 3.50. The van der Waals surface area contributed by atoms with E-state index in [2.05, 4.69) is 25.6 Å². The lowest BCUT2D eigenvalue weighted by molar-refractivity contribution is -0.00178. The number of fused-ring (bicyclic) bond motifs is 1. The third-order valence-electron chi connectivity index (χ3n) is 4.65. The fourth-order valence-electron chi connectivity index (χ4n) is 2.81. The Labute approximate surface area is 179 Å². The van der Waals surface area contributed by atoms with E-state index in [-0.39, 0.29) is 18.7 Å². The van der Waals surface area contributed by atoms with Crippen molar-refractivity contribution in [2.24, 2.45) is 0 Å². The van der Waals surface area contributed by atoms with E-state index in [0.717, 1.165) is 5.39 Å². The van der Waals surface area contributed by atoms with Crippen LogP contribution in [0.3, 0.4) is 0 Å². The first-order valence-corrected chi connectivity index (χ1v) is 9.84. The molecule has 0 aliphatic heterocycles. The molecule has 0 fully saturated rings. The molecule has 4 N–H and O–H groups in total. The molecular weight excluding hydrogens is 403 g/mol. The number of hydrogen-bond acceptors (Lipinski definition) is 7. The average Bonchev–Trinajstić information content (AvgIpc) is 3.13. The second-order valence-electron chi connectivity index (χ2n) is 8.57. The molecule has 1 atom stereocenters. The largest absolute Gasteiger partial charge is 0.389 e. The van der Waals surface area contributed by atoms with Crippen molar-refractivity contribution < 1.29 is 19.4 Å². The maximum atomic E-state index is 14.0. The maximum absolute atomic E-state index is 14.0. The molecule has 31 heavy (non-hydrogen) atoms. The van der Waals surface area contributed by atoms with Crippen LogP contribution < -0.4 is 10.6 Å². The van der Waals surface area contributed by atoms with Gasteiger partial charge in [0.25, 0.3) is 5.91 Å². The van der Waals surface area contributed by atoms with Crippen LogP contribution in [-0.4, -0.2) is 66.1 Å². The van der Waals surface area contributed by atoms with E-state index < -0.39 is 23.3 Å². The Morgan fingerprint density at radius 2 is 1.97 bits per heavy atom. The van der Waals surface area contributed by atoms with E-state index in [9.17, 15) is 19.4 Å². The van der Waals surface area contributed by atoms with E-state index in [1.165, 1.54) is 26.4 Å². The molecule has 0 spiro atoms. The van der Waals surface area contributed by atoms with Crippen LogP contribution in [-0.2, 0) is 0 Å². The third kappa shape index (κ3) is 5.53. The van der Waals surface area contributed by atoms with Gasteiger partial charge in [-0.1, -0.05) is 0 Å². The van der Waals surface area contributed by atoms with Gasteiger partial charge >= 0.3 is 0 Å². The monoisotopic (exact) mass is 430 g/mol. The topological polar surface area (TPSA) is 125 Å². The summed E-state index contributed by atoms with van der Waals surface area (Å²) in [5.41, 5.74) is -1.36. The van der Waals surface area contributed by atoms with E-state index >= 15 is 0 Å². The summed E-state index contributed by atoms with van der Waals surface area (Å²) < 4.78 is 15.8. The number of nitrogens with one attached hydrogen (secondary N) is 2. The van der Waals surface area contributed by atoms with Gasteiger partial charge in [-0.2, -0.15) is 0 Å². The van der Waals surface area contributed by atoms with Crippen molar-refractivity contribution in [1.82, 2.24) is 24.8 Å². The zero-order valence-corrected chi connectivity index (χ0v) is 17.9. The first-order valence-electron chi connectivity index (χ1n) is 9.84. The van der Waals surface area contributed by atoms with Crippen LogP contribution >= 0.6 is 0 Å². The van der Waals surface area contributed by atoms with Gasteiger partial charge in [-0.15, -0.1) is 0 Å². The highest BCUT2D eigenvalue weighted by atomic mass is 19.1. The lowest BCUT2D eigenvalue weighted by Crippen LogP contribution is -2.42. The number of amides is 1. The fourth-order valence-corrected chi connectivity index (χ4v) is 2.81. The molecule has 0 saturated heterocycles. The number of pyridine rings is 1. The molecule has 0 aromatic carbocycles. The summed E-state index contributed by atoms with van der Waals surface area (Å²) in [5.74, 6) is -0.0489. The number of anilines is 1. The number of carbonyl (C=O) groups is 1. The number of rotatable bonds is 8. The lowest BCUT2D eigenvalue weighted by atomic mass is 10.0. The minimum Gasteiger partial charge on any atom is -0.389 e. The molecule has 3 heterocycles. The summed E-state index contributed by atoms with van der Waals surface area (Å²) in [7, 11) is 0. The molecule has 0 aliphatic rings. The maximum Gasteiger partial charge on any atom is 0.255 e. The van der Waals surface area contributed by atoms with Gasteiger partial charge in [-0.25, -0.2) is 19.3 Å². The second-order valence-corrected chi connectivity index (χ2v) is 8.57. The van der Waals surface area contributed by atoms with Crippen molar-refractivity contribution in [2.75, 3.05) is 18.4 Å². The molecule has 0 radical (unpaired) electrons. The van der Waals surface area contributed by atoms with Gasteiger partial charge in [-0.05, 0) is 33.8 Å². The molecule has 3 rings (SSSR count). The predicted molar refractivity (Wildman–Crippen MR) is 115 cm³/mol. The van der Waals surface area contributed by atoms with E-state index in [1.807, 2.05) is 6.07 Å². The van der Waals surface area contributed by atoms with Crippen molar-refractivity contribution in [3.8, 4) is 5.82 Å². The highest BCUT2D eigenvalue weighted by Gasteiger charge is 2.27. The Kier molecular flexibility index (Phi) is 6.23. The molecule has 3 aromatic rings. The quantitative estimate of drug-likeness (QED) is 0.430. The lowest BCUT2D eigenvalue weighted by Gasteiger charge is -2.23. The Morgan fingerprint density at radius 1 is 1.23 bits per heavy atom. The Hall–Kier alpha value is -3.11. The number of halogens is 1. The minimum atomic E-state index is -1.64. The van der Waals surface area contributed by atoms with Crippen molar-refractivity contribution in [2.45, 2.75) is 45.1 Å². The standard InChI is InChI=1S/C21H27FN6O3/c1-20(2,30)11-26-15-7-17(28-6-5-13-8-23-12-27-18(13)28)24-9-14(15)19(29)25-10-16(22)21(3,4)31/h5-9,12,16,30-31H,10-11H2,1-4H3,(H,24,26)(H,25,29). The Balaban J connectivity index is 1.92. The van der Waals surface area contributed by atoms with Crippen molar-refractivity contribution in [3.05, 3.63) is 42.6 Å². The molecule has 0 saturated carbocycles. The van der Waals surface area contributed by atoms with Crippen LogP contribution in [0.2, 0.25) is 0 Å². The van der Waals surface area contributed by atoms with Crippen LogP contribution in [0.5, 0.6) is 0 Å². The predicted octanol–water partition coefficient (Wildman–Crippen LogP) is 1.84. The number of aliphatic hydroxyl groups is 2. The van der Waals surface area contributed by atoms with Gasteiger partial charge in [0, 0.05) is 36.6 Å². The van der Waals surface area contributed by atoms with Gasteiger partial charge in [-0.3, -0.25) is 9.36 Å². The van der Waals surface area contributed by atoms with Crippen LogP contribution in [0.1, 0.15) is 38.1 Å². The van der Waals surface area contributed by atoms with Crippen molar-refractivity contribution >= 4 is 22.6 Å². The highest BCUT2D eigenvalue weighted by Crippen LogP contribution is 2.23. The summed E-state index contributed by atoms with van der Waals surface area (Å²) in [6.45, 7) is 5.75. The molecule has 10 heteroatoms. The Morgan fingerprint density at radius 3 is 2.65 bits per heavy atom. The minimum absolute atomic E-state index is 0.167. The molecule has 9 nitrogen and oxygen atoms in total. The second kappa shape index (κ2) is 8.56. The van der Waals surface area contributed by atoms with Crippen LogP contribution in [0.4, 0.5) is 10.1 Å². The molecular formula is C21H27FN6O3. The normalized spacial score (nSPS) is 13.3. The highest BCUT2D eigenvalue weighted by molar-refractivity contribution is 5.99. The molecule has 0 bridgehead atoms. The van der Waals surface area contributed by atoms with Crippen LogP contribution in [0, 0.1) is 0 Å². The van der Waals surface area contributed by atoms with Crippen molar-refractivity contribution in [3.63, 3.8) is 0 Å². The number of aromatic nitrogens is 4. The van der Waals surface area contributed by atoms with Gasteiger partial charge in [0.15, 0.2) is 0 Å².